The normalized spacial score (nSPS) is 17.4. The van der Waals surface area contributed by atoms with Crippen LogP contribution >= 0.6 is 11.3 Å². The molecule has 0 aliphatic carbocycles. The molecule has 0 atom stereocenters. The molecule has 1 saturated heterocycles. The van der Waals surface area contributed by atoms with Gasteiger partial charge in [0.1, 0.15) is 4.88 Å². The van der Waals surface area contributed by atoms with Gasteiger partial charge in [0.15, 0.2) is 0 Å². The topological polar surface area (TPSA) is 53.0 Å². The maximum atomic E-state index is 11.5. The fourth-order valence-corrected chi connectivity index (χ4v) is 3.38. The van der Waals surface area contributed by atoms with Crippen molar-refractivity contribution in [3.8, 4) is 0 Å². The van der Waals surface area contributed by atoms with E-state index in [-0.39, 0.29) is 12.6 Å². The summed E-state index contributed by atoms with van der Waals surface area (Å²) in [5.41, 5.74) is 1.21. The van der Waals surface area contributed by atoms with E-state index in [1.807, 2.05) is 6.07 Å². The number of thiophene rings is 1. The molecule has 6 heteroatoms. The Kier molecular flexibility index (Phi) is 5.54. The maximum Gasteiger partial charge on any atom is 0.348 e. The minimum atomic E-state index is -0.253. The number of carbonyl (C=O) groups excluding carboxylic acids is 1. The molecule has 5 nitrogen and oxygen atoms in total. The van der Waals surface area contributed by atoms with Gasteiger partial charge in [0.2, 0.25) is 0 Å². The van der Waals surface area contributed by atoms with Gasteiger partial charge in [-0.3, -0.25) is 9.80 Å². The molecule has 1 aliphatic rings. The highest BCUT2D eigenvalue weighted by atomic mass is 32.1. The zero-order valence-corrected chi connectivity index (χ0v) is 12.9. The predicted octanol–water partition coefficient (Wildman–Crippen LogP) is 0.953. The number of hydrogen-bond donors (Lipinski definition) is 1. The maximum absolute atomic E-state index is 11.5. The molecule has 0 unspecified atom stereocenters. The summed E-state index contributed by atoms with van der Waals surface area (Å²) in [6.45, 7) is 7.91. The van der Waals surface area contributed by atoms with Crippen LogP contribution < -0.4 is 0 Å². The van der Waals surface area contributed by atoms with Gasteiger partial charge in [0.25, 0.3) is 0 Å². The number of esters is 1. The van der Waals surface area contributed by atoms with E-state index in [0.717, 1.165) is 39.3 Å². The summed E-state index contributed by atoms with van der Waals surface area (Å²) >= 11 is 1.50. The molecule has 2 rings (SSSR count). The standard InChI is InChI=1S/C14H22N2O3S/c1-11-12(9-13(20-11)14(18)19-2)10-16-5-3-15(4-6-16)7-8-17/h9,17H,3-8,10H2,1-2H3. The second-order valence-corrected chi connectivity index (χ2v) is 6.28. The lowest BCUT2D eigenvalue weighted by molar-refractivity contribution is 0.0606. The van der Waals surface area contributed by atoms with Crippen LogP contribution in [0.2, 0.25) is 0 Å². The third kappa shape index (κ3) is 3.79. The largest absolute Gasteiger partial charge is 0.465 e. The fraction of sp³-hybridized carbons (Fsp3) is 0.643. The summed E-state index contributed by atoms with van der Waals surface area (Å²) in [4.78, 5) is 18.1. The van der Waals surface area contributed by atoms with Gasteiger partial charge in [-0.1, -0.05) is 0 Å². The Morgan fingerprint density at radius 2 is 2.00 bits per heavy atom. The minimum absolute atomic E-state index is 0.228. The number of aliphatic hydroxyl groups excluding tert-OH is 1. The molecule has 20 heavy (non-hydrogen) atoms. The number of aryl methyl sites for hydroxylation is 1. The Hall–Kier alpha value is -0.950. The van der Waals surface area contributed by atoms with Crippen LogP contribution in [-0.4, -0.2) is 67.3 Å². The lowest BCUT2D eigenvalue weighted by Crippen LogP contribution is -2.46. The van der Waals surface area contributed by atoms with Gasteiger partial charge in [-0.15, -0.1) is 11.3 Å². The smallest absolute Gasteiger partial charge is 0.348 e. The lowest BCUT2D eigenvalue weighted by Gasteiger charge is -2.34. The first-order valence-corrected chi connectivity index (χ1v) is 7.69. The summed E-state index contributed by atoms with van der Waals surface area (Å²) in [6.07, 6.45) is 0. The number of methoxy groups -OCH3 is 1. The van der Waals surface area contributed by atoms with Crippen LogP contribution in [-0.2, 0) is 11.3 Å². The van der Waals surface area contributed by atoms with Gasteiger partial charge in [-0.2, -0.15) is 0 Å². The van der Waals surface area contributed by atoms with Crippen LogP contribution in [0.25, 0.3) is 0 Å². The zero-order chi connectivity index (χ0) is 14.5. The molecule has 1 fully saturated rings. The van der Waals surface area contributed by atoms with Gasteiger partial charge < -0.3 is 9.84 Å². The summed E-state index contributed by atoms with van der Waals surface area (Å²) in [7, 11) is 1.41. The Balaban J connectivity index is 1.91. The summed E-state index contributed by atoms with van der Waals surface area (Å²) in [6, 6.07) is 1.95. The van der Waals surface area contributed by atoms with Gasteiger partial charge in [-0.25, -0.2) is 4.79 Å². The second kappa shape index (κ2) is 7.17. The molecule has 0 saturated carbocycles. The Labute approximate surface area is 123 Å². The molecule has 1 N–H and O–H groups in total. The molecule has 0 radical (unpaired) electrons. The van der Waals surface area contributed by atoms with Crippen molar-refractivity contribution in [1.29, 1.82) is 0 Å². The highest BCUT2D eigenvalue weighted by Crippen LogP contribution is 2.24. The molecule has 2 heterocycles. The Bertz CT molecular complexity index is 453. The monoisotopic (exact) mass is 298 g/mol. The van der Waals surface area contributed by atoms with Crippen molar-refractivity contribution in [2.45, 2.75) is 13.5 Å². The van der Waals surface area contributed by atoms with Gasteiger partial charge in [0.05, 0.1) is 13.7 Å². The van der Waals surface area contributed by atoms with E-state index in [1.165, 1.54) is 28.9 Å². The fourth-order valence-electron chi connectivity index (χ4n) is 2.43. The van der Waals surface area contributed by atoms with E-state index in [0.29, 0.717) is 4.88 Å². The van der Waals surface area contributed by atoms with E-state index in [4.69, 9.17) is 9.84 Å². The van der Waals surface area contributed by atoms with Crippen molar-refractivity contribution >= 4 is 17.3 Å². The Morgan fingerprint density at radius 1 is 1.35 bits per heavy atom. The van der Waals surface area contributed by atoms with Crippen LogP contribution in [0.15, 0.2) is 6.07 Å². The van der Waals surface area contributed by atoms with E-state index >= 15 is 0 Å². The van der Waals surface area contributed by atoms with E-state index in [9.17, 15) is 4.79 Å². The predicted molar refractivity (Wildman–Crippen MR) is 79.2 cm³/mol. The molecule has 1 aromatic heterocycles. The average Bonchev–Trinajstić information content (AvgIpc) is 2.82. The average molecular weight is 298 g/mol. The minimum Gasteiger partial charge on any atom is -0.465 e. The quantitative estimate of drug-likeness (QED) is 0.821. The van der Waals surface area contributed by atoms with Gasteiger partial charge >= 0.3 is 5.97 Å². The van der Waals surface area contributed by atoms with Gasteiger partial charge in [-0.05, 0) is 18.6 Å². The molecule has 0 amide bonds. The van der Waals surface area contributed by atoms with Crippen molar-refractivity contribution in [2.24, 2.45) is 0 Å². The molecule has 1 aliphatic heterocycles. The number of piperazine rings is 1. The van der Waals surface area contributed by atoms with E-state index in [1.54, 1.807) is 0 Å². The summed E-state index contributed by atoms with van der Waals surface area (Å²) in [5, 5.41) is 8.94. The molecule has 0 bridgehead atoms. The van der Waals surface area contributed by atoms with Gasteiger partial charge in [0, 0.05) is 44.1 Å². The number of carbonyl (C=O) groups is 1. The number of β-amino-alcohol motifs (C(OH)–C–C–N with tert-alkyl or cyclic N) is 1. The number of aliphatic hydroxyl groups is 1. The number of hydrogen-bond acceptors (Lipinski definition) is 6. The molecular formula is C14H22N2O3S. The molecule has 112 valence electrons. The lowest BCUT2D eigenvalue weighted by atomic mass is 10.2. The first-order chi connectivity index (χ1) is 9.63. The SMILES string of the molecule is COC(=O)c1cc(CN2CCN(CCO)CC2)c(C)s1. The van der Waals surface area contributed by atoms with Crippen molar-refractivity contribution in [3.05, 3.63) is 21.4 Å². The highest BCUT2D eigenvalue weighted by Gasteiger charge is 2.19. The number of ether oxygens (including phenoxy) is 1. The van der Waals surface area contributed by atoms with Crippen LogP contribution in [0.3, 0.4) is 0 Å². The van der Waals surface area contributed by atoms with Crippen molar-refractivity contribution in [2.75, 3.05) is 46.4 Å². The third-order valence-corrected chi connectivity index (χ3v) is 4.76. The van der Waals surface area contributed by atoms with Crippen molar-refractivity contribution in [1.82, 2.24) is 9.80 Å². The number of nitrogens with zero attached hydrogens (tertiary/aromatic N) is 2. The van der Waals surface area contributed by atoms with Crippen LogP contribution in [0.4, 0.5) is 0 Å². The molecule has 0 aromatic carbocycles. The molecular weight excluding hydrogens is 276 g/mol. The summed E-state index contributed by atoms with van der Waals surface area (Å²) < 4.78 is 4.76. The number of rotatable bonds is 5. The summed E-state index contributed by atoms with van der Waals surface area (Å²) in [5.74, 6) is -0.253. The van der Waals surface area contributed by atoms with E-state index in [2.05, 4.69) is 16.7 Å². The second-order valence-electron chi connectivity index (χ2n) is 5.03. The molecule has 1 aromatic rings. The van der Waals surface area contributed by atoms with Crippen molar-refractivity contribution in [3.63, 3.8) is 0 Å². The third-order valence-electron chi connectivity index (χ3n) is 3.68. The van der Waals surface area contributed by atoms with Crippen LogP contribution in [0.1, 0.15) is 20.1 Å². The zero-order valence-electron chi connectivity index (χ0n) is 12.1. The highest BCUT2D eigenvalue weighted by molar-refractivity contribution is 7.14. The Morgan fingerprint density at radius 3 is 2.60 bits per heavy atom. The first-order valence-electron chi connectivity index (χ1n) is 6.87. The van der Waals surface area contributed by atoms with E-state index < -0.39 is 0 Å². The van der Waals surface area contributed by atoms with Crippen LogP contribution in [0, 0.1) is 6.92 Å². The first kappa shape index (κ1) is 15.4. The van der Waals surface area contributed by atoms with Crippen LogP contribution in [0.5, 0.6) is 0 Å². The molecule has 0 spiro atoms. The van der Waals surface area contributed by atoms with Crippen molar-refractivity contribution < 1.29 is 14.6 Å².